The number of ether oxygens (including phenoxy) is 4. The van der Waals surface area contributed by atoms with Crippen LogP contribution in [-0.2, 0) is 25.6 Å². The molecule has 2 aromatic carbocycles. The number of nitrogens with zero attached hydrogens (tertiary/aromatic N) is 1. The molecule has 0 saturated carbocycles. The molecule has 0 atom stereocenters. The van der Waals surface area contributed by atoms with Crippen molar-refractivity contribution < 1.29 is 28.2 Å². The van der Waals surface area contributed by atoms with E-state index >= 15 is 0 Å². The van der Waals surface area contributed by atoms with Gasteiger partial charge in [0.25, 0.3) is 5.79 Å². The monoisotopic (exact) mass is 423 g/mol. The van der Waals surface area contributed by atoms with Gasteiger partial charge in [-0.2, -0.15) is 0 Å². The molecule has 0 N–H and O–H groups in total. The zero-order chi connectivity index (χ0) is 21.8. The summed E-state index contributed by atoms with van der Waals surface area (Å²) in [5, 5.41) is 0. The van der Waals surface area contributed by atoms with Crippen molar-refractivity contribution in [1.29, 1.82) is 0 Å². The van der Waals surface area contributed by atoms with Crippen molar-refractivity contribution in [2.24, 2.45) is 0 Å². The fourth-order valence-electron chi connectivity index (χ4n) is 3.36. The van der Waals surface area contributed by atoms with Crippen LogP contribution in [0, 0.1) is 6.92 Å². The van der Waals surface area contributed by atoms with Crippen LogP contribution in [0.1, 0.15) is 29.9 Å². The van der Waals surface area contributed by atoms with E-state index in [1.807, 2.05) is 61.5 Å². The van der Waals surface area contributed by atoms with Crippen molar-refractivity contribution in [2.75, 3.05) is 20.3 Å². The summed E-state index contributed by atoms with van der Waals surface area (Å²) in [5.41, 5.74) is 2.74. The zero-order valence-electron chi connectivity index (χ0n) is 17.8. The van der Waals surface area contributed by atoms with Gasteiger partial charge in [0.15, 0.2) is 0 Å². The van der Waals surface area contributed by atoms with E-state index < -0.39 is 11.8 Å². The van der Waals surface area contributed by atoms with Crippen LogP contribution in [0.25, 0.3) is 11.5 Å². The largest absolute Gasteiger partial charge is 0.487 e. The number of hydrogen-bond donors (Lipinski definition) is 0. The molecule has 1 aromatic heterocycles. The van der Waals surface area contributed by atoms with E-state index in [2.05, 4.69) is 4.98 Å². The van der Waals surface area contributed by atoms with Gasteiger partial charge in [0.05, 0.1) is 20.3 Å². The lowest BCUT2D eigenvalue weighted by Crippen LogP contribution is -2.47. The first-order chi connectivity index (χ1) is 15.0. The van der Waals surface area contributed by atoms with Crippen molar-refractivity contribution in [3.05, 3.63) is 71.6 Å². The van der Waals surface area contributed by atoms with Crippen molar-refractivity contribution in [1.82, 2.24) is 4.98 Å². The standard InChI is InChI=1S/C24H25NO6/c1-16-21(25-22(31-16)18-7-5-4-6-8-18)15-28-20-11-9-17(10-12-20)19-13-29-24(2,30-14-19)23(26)27-3/h4-12,19H,13-15H2,1-3H3/t19-,24-. The molecule has 0 radical (unpaired) electrons. The van der Waals surface area contributed by atoms with Crippen LogP contribution in [0.2, 0.25) is 0 Å². The van der Waals surface area contributed by atoms with E-state index in [9.17, 15) is 4.79 Å². The third kappa shape index (κ3) is 4.62. The third-order valence-corrected chi connectivity index (χ3v) is 5.32. The van der Waals surface area contributed by atoms with Crippen LogP contribution < -0.4 is 4.74 Å². The number of methoxy groups -OCH3 is 1. The lowest BCUT2D eigenvalue weighted by molar-refractivity contribution is -0.264. The van der Waals surface area contributed by atoms with Crippen LogP contribution in [0.4, 0.5) is 0 Å². The number of carbonyl (C=O) groups is 1. The molecule has 3 aromatic rings. The van der Waals surface area contributed by atoms with E-state index in [4.69, 9.17) is 23.4 Å². The fraction of sp³-hybridized carbons (Fsp3) is 0.333. The van der Waals surface area contributed by atoms with Crippen molar-refractivity contribution in [3.8, 4) is 17.2 Å². The van der Waals surface area contributed by atoms with Gasteiger partial charge in [0, 0.05) is 18.4 Å². The summed E-state index contributed by atoms with van der Waals surface area (Å²) in [6.07, 6.45) is 0. The number of carbonyl (C=O) groups excluding carboxylic acids is 1. The van der Waals surface area contributed by atoms with Crippen LogP contribution in [0.3, 0.4) is 0 Å². The Morgan fingerprint density at radius 3 is 2.42 bits per heavy atom. The molecular weight excluding hydrogens is 398 g/mol. The van der Waals surface area contributed by atoms with Crippen molar-refractivity contribution in [2.45, 2.75) is 32.2 Å². The number of aryl methyl sites for hydroxylation is 1. The van der Waals surface area contributed by atoms with Gasteiger partial charge in [-0.3, -0.25) is 0 Å². The average molecular weight is 423 g/mol. The molecule has 1 fully saturated rings. The maximum atomic E-state index is 11.8. The fourth-order valence-corrected chi connectivity index (χ4v) is 3.36. The first-order valence-corrected chi connectivity index (χ1v) is 10.1. The second-order valence-corrected chi connectivity index (χ2v) is 7.50. The summed E-state index contributed by atoms with van der Waals surface area (Å²) in [6.45, 7) is 4.50. The first-order valence-electron chi connectivity index (χ1n) is 10.1. The van der Waals surface area contributed by atoms with E-state index in [0.29, 0.717) is 25.7 Å². The Morgan fingerprint density at radius 1 is 1.10 bits per heavy atom. The molecular formula is C24H25NO6. The predicted octanol–water partition coefficient (Wildman–Crippen LogP) is 4.25. The number of hydrogen-bond acceptors (Lipinski definition) is 7. The topological polar surface area (TPSA) is 80.0 Å². The summed E-state index contributed by atoms with van der Waals surface area (Å²) in [6, 6.07) is 17.5. The van der Waals surface area contributed by atoms with E-state index in [1.165, 1.54) is 7.11 Å². The Hall–Kier alpha value is -3.16. The minimum atomic E-state index is -1.34. The number of oxazole rings is 1. The number of aromatic nitrogens is 1. The van der Waals surface area contributed by atoms with Gasteiger partial charge in [-0.15, -0.1) is 0 Å². The zero-order valence-corrected chi connectivity index (χ0v) is 17.8. The van der Waals surface area contributed by atoms with Crippen molar-refractivity contribution >= 4 is 5.97 Å². The van der Waals surface area contributed by atoms with Crippen LogP contribution >= 0.6 is 0 Å². The van der Waals surface area contributed by atoms with Gasteiger partial charge in [-0.25, -0.2) is 9.78 Å². The van der Waals surface area contributed by atoms with Gasteiger partial charge in [-0.1, -0.05) is 30.3 Å². The minimum absolute atomic E-state index is 0.0259. The van der Waals surface area contributed by atoms with Gasteiger partial charge in [0.2, 0.25) is 5.89 Å². The maximum Gasteiger partial charge on any atom is 0.366 e. The summed E-state index contributed by atoms with van der Waals surface area (Å²) in [5.74, 6) is 0.196. The van der Waals surface area contributed by atoms with Crippen molar-refractivity contribution in [3.63, 3.8) is 0 Å². The number of benzene rings is 2. The Morgan fingerprint density at radius 2 is 1.77 bits per heavy atom. The Bertz CT molecular complexity index is 1020. The molecule has 0 amide bonds. The molecule has 162 valence electrons. The molecule has 0 aliphatic carbocycles. The second kappa shape index (κ2) is 8.91. The highest BCUT2D eigenvalue weighted by atomic mass is 16.7. The molecule has 0 unspecified atom stereocenters. The van der Waals surface area contributed by atoms with E-state index in [1.54, 1.807) is 6.92 Å². The Balaban J connectivity index is 1.35. The molecule has 7 heteroatoms. The SMILES string of the molecule is COC(=O)[C@]1(C)OC[C@@H](c2ccc(OCc3nc(-c4ccccc4)oc3C)cc2)CO1. The van der Waals surface area contributed by atoms with Crippen LogP contribution in [0.5, 0.6) is 5.75 Å². The molecule has 31 heavy (non-hydrogen) atoms. The Labute approximate surface area is 180 Å². The third-order valence-electron chi connectivity index (χ3n) is 5.32. The maximum absolute atomic E-state index is 11.8. The van der Waals surface area contributed by atoms with Crippen LogP contribution in [0.15, 0.2) is 59.0 Å². The van der Waals surface area contributed by atoms with Gasteiger partial charge < -0.3 is 23.4 Å². The molecule has 1 aliphatic rings. The van der Waals surface area contributed by atoms with Crippen LogP contribution in [-0.4, -0.2) is 37.1 Å². The molecule has 2 heterocycles. The molecule has 0 bridgehead atoms. The lowest BCUT2D eigenvalue weighted by atomic mass is 9.99. The molecule has 7 nitrogen and oxygen atoms in total. The molecule has 1 aliphatic heterocycles. The Kier molecular flexibility index (Phi) is 6.06. The second-order valence-electron chi connectivity index (χ2n) is 7.50. The molecule has 0 spiro atoms. The van der Waals surface area contributed by atoms with Gasteiger partial charge in [0.1, 0.15) is 23.8 Å². The smallest absolute Gasteiger partial charge is 0.366 e. The first kappa shape index (κ1) is 21.1. The van der Waals surface area contributed by atoms with Gasteiger partial charge in [-0.05, 0) is 36.8 Å². The minimum Gasteiger partial charge on any atom is -0.487 e. The van der Waals surface area contributed by atoms with Gasteiger partial charge >= 0.3 is 5.97 Å². The molecule has 1 saturated heterocycles. The average Bonchev–Trinajstić information content (AvgIpc) is 3.19. The predicted molar refractivity (Wildman–Crippen MR) is 113 cm³/mol. The van der Waals surface area contributed by atoms with E-state index in [-0.39, 0.29) is 5.92 Å². The highest BCUT2D eigenvalue weighted by Gasteiger charge is 2.41. The highest BCUT2D eigenvalue weighted by molar-refractivity contribution is 5.77. The quantitative estimate of drug-likeness (QED) is 0.548. The highest BCUT2D eigenvalue weighted by Crippen LogP contribution is 2.30. The summed E-state index contributed by atoms with van der Waals surface area (Å²) < 4.78 is 27.7. The normalized spacial score (nSPS) is 20.9. The lowest BCUT2D eigenvalue weighted by Gasteiger charge is -2.35. The summed E-state index contributed by atoms with van der Waals surface area (Å²) in [7, 11) is 1.31. The number of rotatable bonds is 6. The molecule has 4 rings (SSSR count). The summed E-state index contributed by atoms with van der Waals surface area (Å²) >= 11 is 0. The van der Waals surface area contributed by atoms with E-state index in [0.717, 1.165) is 28.3 Å². The number of esters is 1. The summed E-state index contributed by atoms with van der Waals surface area (Å²) in [4.78, 5) is 16.3.